The van der Waals surface area contributed by atoms with E-state index < -0.39 is 9.84 Å². The van der Waals surface area contributed by atoms with Crippen LogP contribution in [0.2, 0.25) is 5.02 Å². The minimum absolute atomic E-state index is 0. The zero-order valence-electron chi connectivity index (χ0n) is 14.3. The van der Waals surface area contributed by atoms with Gasteiger partial charge in [-0.3, -0.25) is 0 Å². The lowest BCUT2D eigenvalue weighted by Crippen LogP contribution is -2.42. The zero-order chi connectivity index (χ0) is 17.4. The molecule has 1 saturated heterocycles. The van der Waals surface area contributed by atoms with Crippen molar-refractivity contribution in [2.75, 3.05) is 24.5 Å². The summed E-state index contributed by atoms with van der Waals surface area (Å²) in [6, 6.07) is 12.7. The van der Waals surface area contributed by atoms with Crippen LogP contribution in [0.25, 0.3) is 0 Å². The molecule has 2 aromatic carbocycles. The molecule has 0 radical (unpaired) electrons. The number of anilines is 1. The molecular formula is C19H22Cl2N2O2S. The molecule has 2 aliphatic rings. The van der Waals surface area contributed by atoms with Crippen LogP contribution in [0.5, 0.6) is 0 Å². The van der Waals surface area contributed by atoms with E-state index in [0.717, 1.165) is 44.5 Å². The third kappa shape index (κ3) is 3.46. The van der Waals surface area contributed by atoms with Gasteiger partial charge in [-0.25, -0.2) is 8.42 Å². The molecule has 0 amide bonds. The average molecular weight is 413 g/mol. The zero-order valence-corrected chi connectivity index (χ0v) is 16.7. The maximum atomic E-state index is 12.9. The van der Waals surface area contributed by atoms with Crippen LogP contribution in [0.4, 0.5) is 5.69 Å². The standard InChI is InChI=1S/C19H21ClN2O2S.ClH/c20-17-3-1-2-4-19(17)25(23,24)16-5-6-18-14(13-16)9-12-22(18)15-7-10-21-11-8-15;/h1-6,13,15,21H,7-12H2;1H. The summed E-state index contributed by atoms with van der Waals surface area (Å²) in [5, 5.41) is 3.66. The van der Waals surface area contributed by atoms with Gasteiger partial charge in [-0.15, -0.1) is 12.4 Å². The van der Waals surface area contributed by atoms with Crippen LogP contribution >= 0.6 is 24.0 Å². The van der Waals surface area contributed by atoms with E-state index in [1.165, 1.54) is 5.69 Å². The van der Waals surface area contributed by atoms with Crippen LogP contribution in [-0.4, -0.2) is 34.1 Å². The van der Waals surface area contributed by atoms with Gasteiger partial charge < -0.3 is 10.2 Å². The second-order valence-electron chi connectivity index (χ2n) is 6.65. The lowest BCUT2D eigenvalue weighted by molar-refractivity contribution is 0.435. The third-order valence-corrected chi connectivity index (χ3v) is 7.42. The molecule has 140 valence electrons. The molecule has 1 N–H and O–H groups in total. The third-order valence-electron chi connectivity index (χ3n) is 5.17. The Hall–Kier alpha value is -1.27. The van der Waals surface area contributed by atoms with Crippen LogP contribution < -0.4 is 10.2 Å². The molecule has 4 nitrogen and oxygen atoms in total. The van der Waals surface area contributed by atoms with E-state index in [2.05, 4.69) is 10.2 Å². The number of fused-ring (bicyclic) bond motifs is 1. The number of nitrogens with zero attached hydrogens (tertiary/aromatic N) is 1. The Morgan fingerprint density at radius 3 is 2.54 bits per heavy atom. The summed E-state index contributed by atoms with van der Waals surface area (Å²) in [7, 11) is -3.59. The van der Waals surface area contributed by atoms with Crippen molar-refractivity contribution in [2.24, 2.45) is 0 Å². The molecule has 2 aliphatic heterocycles. The van der Waals surface area contributed by atoms with E-state index in [1.54, 1.807) is 30.3 Å². The summed E-state index contributed by atoms with van der Waals surface area (Å²) in [4.78, 5) is 2.94. The Labute approximate surface area is 165 Å². The van der Waals surface area contributed by atoms with Crippen LogP contribution in [0.1, 0.15) is 18.4 Å². The molecule has 1 fully saturated rings. The minimum Gasteiger partial charge on any atom is -0.368 e. The van der Waals surface area contributed by atoms with Gasteiger partial charge in [-0.2, -0.15) is 0 Å². The normalized spacial score (nSPS) is 17.7. The maximum Gasteiger partial charge on any atom is 0.208 e. The van der Waals surface area contributed by atoms with E-state index in [-0.39, 0.29) is 22.3 Å². The van der Waals surface area contributed by atoms with Gasteiger partial charge >= 0.3 is 0 Å². The van der Waals surface area contributed by atoms with E-state index >= 15 is 0 Å². The first-order valence-electron chi connectivity index (χ1n) is 8.67. The number of hydrogen-bond acceptors (Lipinski definition) is 4. The maximum absolute atomic E-state index is 12.9. The lowest BCUT2D eigenvalue weighted by atomic mass is 10.0. The number of benzene rings is 2. The van der Waals surface area contributed by atoms with Crippen molar-refractivity contribution in [3.05, 3.63) is 53.1 Å². The van der Waals surface area contributed by atoms with Gasteiger partial charge in [0.2, 0.25) is 9.84 Å². The number of nitrogens with one attached hydrogen (secondary N) is 1. The summed E-state index contributed by atoms with van der Waals surface area (Å²) in [5.41, 5.74) is 2.30. The lowest BCUT2D eigenvalue weighted by Gasteiger charge is -2.33. The summed E-state index contributed by atoms with van der Waals surface area (Å²) in [6.45, 7) is 3.07. The summed E-state index contributed by atoms with van der Waals surface area (Å²) in [6.07, 6.45) is 3.17. The molecule has 0 aromatic heterocycles. The molecule has 0 aliphatic carbocycles. The van der Waals surface area contributed by atoms with E-state index in [4.69, 9.17) is 11.6 Å². The van der Waals surface area contributed by atoms with Gasteiger partial charge in [0.05, 0.1) is 14.8 Å². The second-order valence-corrected chi connectivity index (χ2v) is 8.97. The van der Waals surface area contributed by atoms with Gasteiger partial charge in [0, 0.05) is 18.3 Å². The van der Waals surface area contributed by atoms with E-state index in [9.17, 15) is 8.42 Å². The quantitative estimate of drug-likeness (QED) is 0.834. The molecule has 4 rings (SSSR count). The number of halogens is 2. The monoisotopic (exact) mass is 412 g/mol. The smallest absolute Gasteiger partial charge is 0.208 e. The first kappa shape index (κ1) is 19.5. The predicted octanol–water partition coefficient (Wildman–Crippen LogP) is 3.71. The van der Waals surface area contributed by atoms with Crippen molar-refractivity contribution in [1.82, 2.24) is 5.32 Å². The summed E-state index contributed by atoms with van der Waals surface area (Å²) >= 11 is 6.11. The fourth-order valence-corrected chi connectivity index (χ4v) is 5.68. The van der Waals surface area contributed by atoms with Crippen LogP contribution in [0.15, 0.2) is 52.3 Å². The Balaban J connectivity index is 0.00000196. The molecule has 26 heavy (non-hydrogen) atoms. The van der Waals surface area contributed by atoms with Gasteiger partial charge in [0.15, 0.2) is 0 Å². The first-order valence-corrected chi connectivity index (χ1v) is 10.5. The van der Waals surface area contributed by atoms with Gasteiger partial charge in [0.25, 0.3) is 0 Å². The number of rotatable bonds is 3. The first-order chi connectivity index (χ1) is 12.1. The van der Waals surface area contributed by atoms with Crippen LogP contribution in [-0.2, 0) is 16.3 Å². The second kappa shape index (κ2) is 7.77. The molecule has 0 spiro atoms. The summed E-state index contributed by atoms with van der Waals surface area (Å²) < 4.78 is 25.9. The van der Waals surface area contributed by atoms with Gasteiger partial charge in [-0.1, -0.05) is 23.7 Å². The molecule has 0 saturated carbocycles. The van der Waals surface area contributed by atoms with Crippen molar-refractivity contribution < 1.29 is 8.42 Å². The molecule has 2 aromatic rings. The largest absolute Gasteiger partial charge is 0.368 e. The van der Waals surface area contributed by atoms with Crippen LogP contribution in [0.3, 0.4) is 0 Å². The highest BCUT2D eigenvalue weighted by Gasteiger charge is 2.29. The Bertz CT molecular complexity index is 896. The van der Waals surface area contributed by atoms with Gasteiger partial charge in [-0.05, 0) is 68.2 Å². The van der Waals surface area contributed by atoms with Crippen molar-refractivity contribution in [1.29, 1.82) is 0 Å². The Kier molecular flexibility index (Phi) is 5.82. The fourth-order valence-electron chi connectivity index (χ4n) is 3.86. The Morgan fingerprint density at radius 2 is 1.81 bits per heavy atom. The van der Waals surface area contributed by atoms with E-state index in [0.29, 0.717) is 10.9 Å². The van der Waals surface area contributed by atoms with Crippen molar-refractivity contribution >= 4 is 39.5 Å². The molecule has 2 heterocycles. The molecule has 0 bridgehead atoms. The highest BCUT2D eigenvalue weighted by Crippen LogP contribution is 2.35. The molecule has 0 unspecified atom stereocenters. The number of sulfone groups is 1. The van der Waals surface area contributed by atoms with E-state index in [1.807, 2.05) is 12.1 Å². The molecule has 7 heteroatoms. The van der Waals surface area contributed by atoms with Crippen molar-refractivity contribution in [3.63, 3.8) is 0 Å². The topological polar surface area (TPSA) is 49.4 Å². The highest BCUT2D eigenvalue weighted by molar-refractivity contribution is 7.91. The number of piperidine rings is 1. The van der Waals surface area contributed by atoms with Crippen LogP contribution in [0, 0.1) is 0 Å². The summed E-state index contributed by atoms with van der Waals surface area (Å²) in [5.74, 6) is 0. The Morgan fingerprint density at radius 1 is 1.08 bits per heavy atom. The molecule has 0 atom stereocenters. The highest BCUT2D eigenvalue weighted by atomic mass is 35.5. The van der Waals surface area contributed by atoms with Crippen molar-refractivity contribution in [2.45, 2.75) is 35.1 Å². The molecular weight excluding hydrogens is 391 g/mol. The predicted molar refractivity (Wildman–Crippen MR) is 108 cm³/mol. The number of hydrogen-bond donors (Lipinski definition) is 1. The average Bonchev–Trinajstić information content (AvgIpc) is 3.06. The fraction of sp³-hybridized carbons (Fsp3) is 0.368. The van der Waals surface area contributed by atoms with Crippen molar-refractivity contribution in [3.8, 4) is 0 Å². The minimum atomic E-state index is -3.59. The van der Waals surface area contributed by atoms with Gasteiger partial charge in [0.1, 0.15) is 0 Å². The SMILES string of the molecule is Cl.O=S(=O)(c1ccc2c(c1)CCN2C1CCNCC1)c1ccccc1Cl.